The van der Waals surface area contributed by atoms with Gasteiger partial charge < -0.3 is 9.88 Å². The standard InChI is InChI=1S/C21H21FN2O3S/c22-15-9-11-17(12-10-15)28(26,27)20-13-24(19-8-4-3-7-18(19)20)14-21(25)23-16-5-1-2-6-16/h3-4,7-13,16H,1-2,5-6,14H2,(H,23,25). The molecule has 1 aliphatic rings. The molecule has 0 radical (unpaired) electrons. The molecule has 1 amide bonds. The van der Waals surface area contributed by atoms with Crippen LogP contribution in [0.25, 0.3) is 10.9 Å². The summed E-state index contributed by atoms with van der Waals surface area (Å²) in [5.41, 5.74) is 0.671. The van der Waals surface area contributed by atoms with E-state index >= 15 is 0 Å². The molecule has 0 unspecified atom stereocenters. The number of aromatic nitrogens is 1. The lowest BCUT2D eigenvalue weighted by Gasteiger charge is -2.12. The summed E-state index contributed by atoms with van der Waals surface area (Å²) in [5.74, 6) is -0.622. The lowest BCUT2D eigenvalue weighted by Crippen LogP contribution is -2.35. The SMILES string of the molecule is O=C(Cn1cc(S(=O)(=O)c2ccc(F)cc2)c2ccccc21)NC1CCCC1. The van der Waals surface area contributed by atoms with Crippen molar-refractivity contribution in [1.82, 2.24) is 9.88 Å². The Labute approximate surface area is 163 Å². The Morgan fingerprint density at radius 2 is 1.75 bits per heavy atom. The van der Waals surface area contributed by atoms with Gasteiger partial charge in [0.05, 0.1) is 9.79 Å². The summed E-state index contributed by atoms with van der Waals surface area (Å²) in [7, 11) is -3.84. The second kappa shape index (κ2) is 7.39. The molecule has 28 heavy (non-hydrogen) atoms. The first-order valence-electron chi connectivity index (χ1n) is 9.33. The molecule has 0 spiro atoms. The predicted molar refractivity (Wildman–Crippen MR) is 104 cm³/mol. The van der Waals surface area contributed by atoms with Crippen LogP contribution in [0.15, 0.2) is 64.5 Å². The van der Waals surface area contributed by atoms with Gasteiger partial charge in [0.2, 0.25) is 15.7 Å². The summed E-state index contributed by atoms with van der Waals surface area (Å²) in [6, 6.07) is 12.0. The van der Waals surface area contributed by atoms with Gasteiger partial charge >= 0.3 is 0 Å². The summed E-state index contributed by atoms with van der Waals surface area (Å²) in [4.78, 5) is 12.6. The molecule has 1 aliphatic carbocycles. The monoisotopic (exact) mass is 400 g/mol. The molecule has 1 aromatic heterocycles. The number of rotatable bonds is 5. The summed E-state index contributed by atoms with van der Waals surface area (Å²) in [6.07, 6.45) is 5.72. The van der Waals surface area contributed by atoms with Gasteiger partial charge in [-0.15, -0.1) is 0 Å². The Bertz CT molecular complexity index is 1110. The van der Waals surface area contributed by atoms with Gasteiger partial charge in [-0.1, -0.05) is 31.0 Å². The fraction of sp³-hybridized carbons (Fsp3) is 0.286. The van der Waals surface area contributed by atoms with Crippen molar-refractivity contribution in [1.29, 1.82) is 0 Å². The number of hydrogen-bond donors (Lipinski definition) is 1. The van der Waals surface area contributed by atoms with Crippen molar-refractivity contribution >= 4 is 26.6 Å². The Morgan fingerprint density at radius 3 is 2.46 bits per heavy atom. The van der Waals surface area contributed by atoms with E-state index in [1.807, 2.05) is 6.07 Å². The summed E-state index contributed by atoms with van der Waals surface area (Å²) in [5, 5.41) is 3.57. The fourth-order valence-electron chi connectivity index (χ4n) is 3.80. The molecule has 5 nitrogen and oxygen atoms in total. The molecule has 1 fully saturated rings. The van der Waals surface area contributed by atoms with Crippen LogP contribution in [0.4, 0.5) is 4.39 Å². The maximum absolute atomic E-state index is 13.2. The number of sulfone groups is 1. The first-order chi connectivity index (χ1) is 13.4. The van der Waals surface area contributed by atoms with E-state index in [2.05, 4.69) is 5.32 Å². The van der Waals surface area contributed by atoms with E-state index < -0.39 is 15.7 Å². The third-order valence-corrected chi connectivity index (χ3v) is 7.00. The number of halogens is 1. The number of benzene rings is 2. The Balaban J connectivity index is 1.70. The first-order valence-corrected chi connectivity index (χ1v) is 10.8. The molecule has 1 N–H and O–H groups in total. The second-order valence-corrected chi connectivity index (χ2v) is 9.06. The van der Waals surface area contributed by atoms with E-state index in [1.54, 1.807) is 22.8 Å². The summed E-state index contributed by atoms with van der Waals surface area (Å²) in [6.45, 7) is 0.0515. The van der Waals surface area contributed by atoms with Crippen LogP contribution in [0.5, 0.6) is 0 Å². The van der Waals surface area contributed by atoms with Gasteiger partial charge in [-0.05, 0) is 43.2 Å². The van der Waals surface area contributed by atoms with E-state index in [0.717, 1.165) is 37.8 Å². The van der Waals surface area contributed by atoms with Crippen LogP contribution in [0, 0.1) is 5.82 Å². The zero-order valence-corrected chi connectivity index (χ0v) is 16.1. The van der Waals surface area contributed by atoms with Gasteiger partial charge in [0.15, 0.2) is 0 Å². The van der Waals surface area contributed by atoms with E-state index in [-0.39, 0.29) is 28.3 Å². The Hall–Kier alpha value is -2.67. The molecular weight excluding hydrogens is 379 g/mol. The predicted octanol–water partition coefficient (Wildman–Crippen LogP) is 3.67. The van der Waals surface area contributed by atoms with Crippen LogP contribution in [0.1, 0.15) is 25.7 Å². The van der Waals surface area contributed by atoms with Crippen LogP contribution >= 0.6 is 0 Å². The van der Waals surface area contributed by atoms with Gasteiger partial charge in [0, 0.05) is 23.1 Å². The van der Waals surface area contributed by atoms with Crippen molar-refractivity contribution in [3.05, 3.63) is 60.5 Å². The van der Waals surface area contributed by atoms with E-state index in [4.69, 9.17) is 0 Å². The number of carbonyl (C=O) groups is 1. The molecule has 7 heteroatoms. The number of nitrogens with zero attached hydrogens (tertiary/aromatic N) is 1. The van der Waals surface area contributed by atoms with E-state index in [9.17, 15) is 17.6 Å². The minimum absolute atomic E-state index is 0.0206. The molecule has 0 saturated heterocycles. The number of hydrogen-bond acceptors (Lipinski definition) is 3. The number of fused-ring (bicyclic) bond motifs is 1. The first kappa shape index (κ1) is 18.7. The van der Waals surface area contributed by atoms with Gasteiger partial charge in [0.1, 0.15) is 12.4 Å². The fourth-order valence-corrected chi connectivity index (χ4v) is 5.27. The average Bonchev–Trinajstić information content (AvgIpc) is 3.31. The van der Waals surface area contributed by atoms with E-state index in [0.29, 0.717) is 10.9 Å². The summed E-state index contributed by atoms with van der Waals surface area (Å²) >= 11 is 0. The second-order valence-electron chi connectivity index (χ2n) is 7.14. The number of nitrogens with one attached hydrogen (secondary N) is 1. The van der Waals surface area contributed by atoms with Gasteiger partial charge in [-0.2, -0.15) is 0 Å². The molecule has 2 aromatic carbocycles. The smallest absolute Gasteiger partial charge is 0.240 e. The zero-order valence-electron chi connectivity index (χ0n) is 15.3. The van der Waals surface area contributed by atoms with Gasteiger partial charge in [0.25, 0.3) is 0 Å². The molecular formula is C21H21FN2O3S. The minimum atomic E-state index is -3.84. The van der Waals surface area contributed by atoms with Crippen LogP contribution in [-0.2, 0) is 21.2 Å². The highest BCUT2D eigenvalue weighted by Crippen LogP contribution is 2.30. The van der Waals surface area contributed by atoms with Crippen molar-refractivity contribution in [2.45, 2.75) is 48.1 Å². The average molecular weight is 400 g/mol. The lowest BCUT2D eigenvalue weighted by atomic mass is 10.2. The van der Waals surface area contributed by atoms with Gasteiger partial charge in [-0.25, -0.2) is 12.8 Å². The highest BCUT2D eigenvalue weighted by molar-refractivity contribution is 7.91. The minimum Gasteiger partial charge on any atom is -0.352 e. The third-order valence-electron chi connectivity index (χ3n) is 5.20. The number of amides is 1. The van der Waals surface area contributed by atoms with Crippen molar-refractivity contribution < 1.29 is 17.6 Å². The summed E-state index contributed by atoms with van der Waals surface area (Å²) < 4.78 is 41.1. The maximum Gasteiger partial charge on any atom is 0.240 e. The maximum atomic E-state index is 13.2. The van der Waals surface area contributed by atoms with Crippen molar-refractivity contribution in [2.24, 2.45) is 0 Å². The van der Waals surface area contributed by atoms with Crippen molar-refractivity contribution in [2.75, 3.05) is 0 Å². The van der Waals surface area contributed by atoms with Crippen LogP contribution < -0.4 is 5.32 Å². The largest absolute Gasteiger partial charge is 0.352 e. The van der Waals surface area contributed by atoms with Crippen LogP contribution in [-0.4, -0.2) is 24.9 Å². The molecule has 0 bridgehead atoms. The third kappa shape index (κ3) is 3.54. The highest BCUT2D eigenvalue weighted by atomic mass is 32.2. The molecule has 1 heterocycles. The quantitative estimate of drug-likeness (QED) is 0.665. The van der Waals surface area contributed by atoms with Crippen molar-refractivity contribution in [3.63, 3.8) is 0 Å². The molecule has 146 valence electrons. The van der Waals surface area contributed by atoms with Gasteiger partial charge in [-0.3, -0.25) is 4.79 Å². The van der Waals surface area contributed by atoms with Crippen LogP contribution in [0.3, 0.4) is 0 Å². The molecule has 3 aromatic rings. The van der Waals surface area contributed by atoms with Crippen LogP contribution in [0.2, 0.25) is 0 Å². The molecule has 4 rings (SSSR count). The van der Waals surface area contributed by atoms with Crippen molar-refractivity contribution in [3.8, 4) is 0 Å². The zero-order chi connectivity index (χ0) is 19.7. The molecule has 0 atom stereocenters. The molecule has 1 saturated carbocycles. The number of carbonyl (C=O) groups excluding carboxylic acids is 1. The normalized spacial score (nSPS) is 15.2. The lowest BCUT2D eigenvalue weighted by molar-refractivity contribution is -0.122. The van der Waals surface area contributed by atoms with E-state index in [1.165, 1.54) is 18.3 Å². The topological polar surface area (TPSA) is 68.2 Å². The number of para-hydroxylation sites is 1. The Morgan fingerprint density at radius 1 is 1.07 bits per heavy atom. The molecule has 0 aliphatic heterocycles. The Kier molecular flexibility index (Phi) is 4.93. The highest BCUT2D eigenvalue weighted by Gasteiger charge is 2.24.